The van der Waals surface area contributed by atoms with Gasteiger partial charge in [-0.25, -0.2) is 4.79 Å². The minimum atomic E-state index is -0.496. The highest BCUT2D eigenvalue weighted by Gasteiger charge is 2.54. The van der Waals surface area contributed by atoms with Gasteiger partial charge in [-0.15, -0.1) is 10.2 Å². The normalized spacial score (nSPS) is 28.5. The van der Waals surface area contributed by atoms with Gasteiger partial charge in [-0.1, -0.05) is 23.4 Å². The predicted molar refractivity (Wildman–Crippen MR) is 116 cm³/mol. The molecule has 0 radical (unpaired) electrons. The number of nitrogens with zero attached hydrogens (tertiary/aromatic N) is 2. The number of benzene rings is 1. The van der Waals surface area contributed by atoms with Gasteiger partial charge in [-0.3, -0.25) is 4.79 Å². The third-order valence-corrected chi connectivity index (χ3v) is 8.03. The van der Waals surface area contributed by atoms with E-state index in [1.807, 2.05) is 0 Å². The molecule has 4 saturated carbocycles. The Morgan fingerprint density at radius 1 is 1.19 bits per heavy atom. The van der Waals surface area contributed by atoms with E-state index in [0.29, 0.717) is 21.5 Å². The second-order valence-corrected chi connectivity index (χ2v) is 10.4. The summed E-state index contributed by atoms with van der Waals surface area (Å²) in [6.07, 6.45) is 7.53. The van der Waals surface area contributed by atoms with E-state index in [9.17, 15) is 9.59 Å². The fourth-order valence-electron chi connectivity index (χ4n) is 6.03. The number of anilines is 1. The van der Waals surface area contributed by atoms with Crippen LogP contribution in [0, 0.1) is 17.8 Å². The Kier molecular flexibility index (Phi) is 5.46. The predicted octanol–water partition coefficient (Wildman–Crippen LogP) is 4.71. The average molecular weight is 462 g/mol. The largest absolute Gasteiger partial charge is 0.465 e. The van der Waals surface area contributed by atoms with Crippen molar-refractivity contribution in [3.63, 3.8) is 0 Å². The summed E-state index contributed by atoms with van der Waals surface area (Å²) in [5.41, 5.74) is 0.715. The number of carbonyl (C=O) groups excluding carboxylic acids is 2. The SMILES string of the molecule is COC(=O)c1ccc(Cl)c(NC(=O)CSc2nnc(C34CC5CC(CC(C5)C3)C4)o2)c1. The number of carbonyl (C=O) groups is 2. The lowest BCUT2D eigenvalue weighted by Gasteiger charge is -2.55. The number of esters is 1. The zero-order valence-electron chi connectivity index (χ0n) is 17.2. The molecule has 1 aromatic carbocycles. The molecule has 4 aliphatic rings. The van der Waals surface area contributed by atoms with Crippen molar-refractivity contribution in [1.29, 1.82) is 0 Å². The van der Waals surface area contributed by atoms with Crippen LogP contribution in [0.5, 0.6) is 0 Å². The standard InChI is InChI=1S/C22H24ClN3O4S/c1-29-19(28)15-2-3-16(23)17(7-15)24-18(27)11-31-21-26-25-20(30-21)22-8-12-4-13(9-22)6-14(5-12)10-22/h2-3,7,12-14H,4-6,8-11H2,1H3,(H,24,27). The molecule has 2 aromatic rings. The summed E-state index contributed by atoms with van der Waals surface area (Å²) in [5, 5.41) is 12.1. The average Bonchev–Trinajstić information content (AvgIpc) is 3.22. The molecule has 4 fully saturated rings. The van der Waals surface area contributed by atoms with E-state index in [2.05, 4.69) is 15.5 Å². The number of ether oxygens (including phenoxy) is 1. The van der Waals surface area contributed by atoms with Crippen molar-refractivity contribution in [3.05, 3.63) is 34.7 Å². The molecule has 0 aliphatic heterocycles. The van der Waals surface area contributed by atoms with Crippen LogP contribution in [0.4, 0.5) is 5.69 Å². The first-order chi connectivity index (χ1) is 14.9. The van der Waals surface area contributed by atoms with Gasteiger partial charge in [-0.05, 0) is 74.5 Å². The molecule has 4 aliphatic carbocycles. The summed E-state index contributed by atoms with van der Waals surface area (Å²) in [7, 11) is 1.30. The van der Waals surface area contributed by atoms with E-state index in [-0.39, 0.29) is 17.1 Å². The van der Waals surface area contributed by atoms with E-state index < -0.39 is 5.97 Å². The maximum atomic E-state index is 12.4. The van der Waals surface area contributed by atoms with Gasteiger partial charge in [-0.2, -0.15) is 0 Å². The minimum Gasteiger partial charge on any atom is -0.465 e. The van der Waals surface area contributed by atoms with Crippen LogP contribution in [0.15, 0.2) is 27.8 Å². The molecule has 6 rings (SSSR count). The fourth-order valence-corrected chi connectivity index (χ4v) is 6.76. The number of hydrogen-bond donors (Lipinski definition) is 1. The molecule has 1 N–H and O–H groups in total. The van der Waals surface area contributed by atoms with E-state index >= 15 is 0 Å². The zero-order valence-corrected chi connectivity index (χ0v) is 18.8. The molecule has 7 nitrogen and oxygen atoms in total. The minimum absolute atomic E-state index is 0.0463. The molecular formula is C22H24ClN3O4S. The van der Waals surface area contributed by atoms with Crippen LogP contribution in [-0.2, 0) is 14.9 Å². The molecule has 0 unspecified atom stereocenters. The number of rotatable bonds is 6. The monoisotopic (exact) mass is 461 g/mol. The third kappa shape index (κ3) is 4.07. The Hall–Kier alpha value is -2.06. The van der Waals surface area contributed by atoms with E-state index in [0.717, 1.165) is 42.9 Å². The van der Waals surface area contributed by atoms with Crippen molar-refractivity contribution >= 4 is 40.9 Å². The molecule has 4 bridgehead atoms. The first-order valence-electron chi connectivity index (χ1n) is 10.6. The summed E-state index contributed by atoms with van der Waals surface area (Å²) in [6.45, 7) is 0. The van der Waals surface area contributed by atoms with Crippen LogP contribution in [0.25, 0.3) is 0 Å². The lowest BCUT2D eigenvalue weighted by Crippen LogP contribution is -2.48. The van der Waals surface area contributed by atoms with Gasteiger partial charge in [0, 0.05) is 5.41 Å². The Morgan fingerprint density at radius 3 is 2.52 bits per heavy atom. The van der Waals surface area contributed by atoms with Gasteiger partial charge in [0.15, 0.2) is 0 Å². The number of methoxy groups -OCH3 is 1. The summed E-state index contributed by atoms with van der Waals surface area (Å²) >= 11 is 7.35. The first-order valence-corrected chi connectivity index (χ1v) is 11.9. The Bertz CT molecular complexity index is 989. The molecule has 1 heterocycles. The Labute approximate surface area is 189 Å². The molecule has 1 aromatic heterocycles. The maximum Gasteiger partial charge on any atom is 0.337 e. The highest BCUT2D eigenvalue weighted by molar-refractivity contribution is 7.99. The fraction of sp³-hybridized carbons (Fsp3) is 0.545. The van der Waals surface area contributed by atoms with Crippen LogP contribution in [0.1, 0.15) is 54.8 Å². The second kappa shape index (κ2) is 8.13. The van der Waals surface area contributed by atoms with E-state index in [4.69, 9.17) is 20.8 Å². The van der Waals surface area contributed by atoms with Gasteiger partial charge in [0.2, 0.25) is 11.8 Å². The van der Waals surface area contributed by atoms with Crippen molar-refractivity contribution in [1.82, 2.24) is 10.2 Å². The number of thioether (sulfide) groups is 1. The zero-order chi connectivity index (χ0) is 21.6. The molecule has 1 amide bonds. The Balaban J connectivity index is 1.21. The molecule has 9 heteroatoms. The summed E-state index contributed by atoms with van der Waals surface area (Å²) < 4.78 is 10.7. The quantitative estimate of drug-likeness (QED) is 0.491. The van der Waals surface area contributed by atoms with Crippen LogP contribution < -0.4 is 5.32 Å². The van der Waals surface area contributed by atoms with Gasteiger partial charge >= 0.3 is 5.97 Å². The van der Waals surface area contributed by atoms with Gasteiger partial charge in [0.25, 0.3) is 5.22 Å². The summed E-state index contributed by atoms with van der Waals surface area (Å²) in [4.78, 5) is 24.1. The third-order valence-electron chi connectivity index (χ3n) is 6.89. The smallest absolute Gasteiger partial charge is 0.337 e. The van der Waals surface area contributed by atoms with Crippen molar-refractivity contribution in [2.75, 3.05) is 18.2 Å². The first kappa shape index (κ1) is 20.8. The maximum absolute atomic E-state index is 12.4. The van der Waals surface area contributed by atoms with Gasteiger partial charge in [0.05, 0.1) is 29.1 Å². The summed E-state index contributed by atoms with van der Waals surface area (Å²) in [5.74, 6) is 2.47. The van der Waals surface area contributed by atoms with Crippen molar-refractivity contribution in [3.8, 4) is 0 Å². The Morgan fingerprint density at radius 2 is 1.87 bits per heavy atom. The highest BCUT2D eigenvalue weighted by Crippen LogP contribution is 2.60. The number of halogens is 1. The highest BCUT2D eigenvalue weighted by atomic mass is 35.5. The van der Waals surface area contributed by atoms with Crippen molar-refractivity contribution in [2.24, 2.45) is 17.8 Å². The molecule has 0 saturated heterocycles. The van der Waals surface area contributed by atoms with Gasteiger partial charge < -0.3 is 14.5 Å². The summed E-state index contributed by atoms with van der Waals surface area (Å²) in [6, 6.07) is 4.59. The topological polar surface area (TPSA) is 94.3 Å². The number of aromatic nitrogens is 2. The van der Waals surface area contributed by atoms with Crippen LogP contribution in [0.3, 0.4) is 0 Å². The van der Waals surface area contributed by atoms with Crippen LogP contribution in [0.2, 0.25) is 5.02 Å². The molecule has 31 heavy (non-hydrogen) atoms. The molecule has 0 atom stereocenters. The van der Waals surface area contributed by atoms with Gasteiger partial charge in [0.1, 0.15) is 0 Å². The number of hydrogen-bond acceptors (Lipinski definition) is 7. The van der Waals surface area contributed by atoms with Crippen molar-refractivity contribution < 1.29 is 18.7 Å². The molecular weight excluding hydrogens is 438 g/mol. The van der Waals surface area contributed by atoms with Crippen molar-refractivity contribution in [2.45, 2.75) is 49.2 Å². The lowest BCUT2D eigenvalue weighted by molar-refractivity contribution is -0.113. The lowest BCUT2D eigenvalue weighted by atomic mass is 9.49. The number of amides is 1. The molecule has 0 spiro atoms. The van der Waals surface area contributed by atoms with E-state index in [1.54, 1.807) is 12.1 Å². The molecule has 164 valence electrons. The van der Waals surface area contributed by atoms with Crippen LogP contribution >= 0.6 is 23.4 Å². The van der Waals surface area contributed by atoms with Crippen LogP contribution in [-0.4, -0.2) is 34.9 Å². The number of nitrogens with one attached hydrogen (secondary N) is 1. The second-order valence-electron chi connectivity index (χ2n) is 9.09. The van der Waals surface area contributed by atoms with E-state index in [1.165, 1.54) is 44.2 Å².